The predicted octanol–water partition coefficient (Wildman–Crippen LogP) is 7.20. The molecule has 218 valence electrons. The molecule has 9 nitrogen and oxygen atoms in total. The first-order valence-corrected chi connectivity index (χ1v) is 15.5. The number of hydrogen-bond donors (Lipinski definition) is 3. The number of urea groups is 1. The highest BCUT2D eigenvalue weighted by Crippen LogP contribution is 2.46. The van der Waals surface area contributed by atoms with Crippen molar-refractivity contribution in [3.05, 3.63) is 61.9 Å². The number of benzene rings is 2. The number of ether oxygens (including phenoxy) is 2. The minimum Gasteiger partial charge on any atom is -0.496 e. The van der Waals surface area contributed by atoms with Crippen LogP contribution < -0.4 is 19.7 Å². The molecule has 0 atom stereocenters. The number of carbonyl (C=O) groups excluding carboxylic acids is 1. The lowest BCUT2D eigenvalue weighted by Gasteiger charge is -2.34. The van der Waals surface area contributed by atoms with Crippen LogP contribution in [-0.2, 0) is 11.2 Å². The first kappa shape index (κ1) is 30.9. The van der Waals surface area contributed by atoms with Crippen molar-refractivity contribution < 1.29 is 34.1 Å². The Morgan fingerprint density at radius 1 is 1.07 bits per heavy atom. The van der Waals surface area contributed by atoms with Gasteiger partial charge in [0.05, 0.1) is 16.5 Å². The molecule has 41 heavy (non-hydrogen) atoms. The number of carboxylic acid groups (broad SMARTS) is 2. The van der Waals surface area contributed by atoms with Gasteiger partial charge in [-0.3, -0.25) is 4.90 Å². The van der Waals surface area contributed by atoms with Crippen LogP contribution in [0.5, 0.6) is 11.5 Å². The van der Waals surface area contributed by atoms with Crippen molar-refractivity contribution >= 4 is 66.9 Å². The summed E-state index contributed by atoms with van der Waals surface area (Å²) in [5.74, 6) is -1.71. The predicted molar refractivity (Wildman–Crippen MR) is 165 cm³/mol. The van der Waals surface area contributed by atoms with E-state index in [1.807, 2.05) is 47.4 Å². The molecular weight excluding hydrogens is 680 g/mol. The smallest absolute Gasteiger partial charge is 0.349 e. The summed E-state index contributed by atoms with van der Waals surface area (Å²) in [4.78, 5) is 38.9. The third-order valence-electron chi connectivity index (χ3n) is 6.80. The fourth-order valence-electron chi connectivity index (χ4n) is 4.95. The average Bonchev–Trinajstić information content (AvgIpc) is 3.29. The van der Waals surface area contributed by atoms with Crippen LogP contribution in [0.15, 0.2) is 51.4 Å². The van der Waals surface area contributed by atoms with Gasteiger partial charge in [-0.1, -0.05) is 47.3 Å². The molecule has 1 aromatic heterocycles. The Balaban J connectivity index is 1.61. The molecule has 2 aromatic carbocycles. The molecule has 0 saturated heterocycles. The molecule has 1 saturated carbocycles. The SMILES string of the molecule is COc1ccc(Br)cc1CCNC(=O)N(c1cccc(-c2sc(C(=O)O)c(OCC(=O)O)c2Br)c1)C1CCCCC1. The van der Waals surface area contributed by atoms with Gasteiger partial charge in [0.25, 0.3) is 0 Å². The maximum absolute atomic E-state index is 13.7. The highest BCUT2D eigenvalue weighted by molar-refractivity contribution is 9.11. The monoisotopic (exact) mass is 708 g/mol. The summed E-state index contributed by atoms with van der Waals surface area (Å²) in [6, 6.07) is 13.0. The molecule has 4 rings (SSSR count). The number of aromatic carboxylic acids is 1. The molecule has 2 amide bonds. The molecule has 0 aliphatic heterocycles. The molecule has 1 fully saturated rings. The number of nitrogens with one attached hydrogen (secondary N) is 1. The number of aliphatic carboxylic acids is 1. The lowest BCUT2D eigenvalue weighted by Crippen LogP contribution is -2.47. The standard InChI is InChI=1S/C29H30Br2N2O7S/c1-39-22-11-10-19(30)14-17(22)12-13-32-29(38)33(20-7-3-2-4-8-20)21-9-5-6-18(15-21)26-24(31)25(40-16-23(34)35)27(41-26)28(36)37/h5-6,9-11,14-15,20H,2-4,7-8,12-13,16H2,1H3,(H,32,38)(H,34,35)(H,36,37). The van der Waals surface area contributed by atoms with Crippen molar-refractivity contribution in [2.45, 2.75) is 44.6 Å². The van der Waals surface area contributed by atoms with Gasteiger partial charge in [0.1, 0.15) is 5.75 Å². The summed E-state index contributed by atoms with van der Waals surface area (Å²) in [5, 5.41) is 21.8. The van der Waals surface area contributed by atoms with Crippen LogP contribution >= 0.6 is 43.2 Å². The minimum absolute atomic E-state index is 0.0234. The Bertz CT molecular complexity index is 1420. The summed E-state index contributed by atoms with van der Waals surface area (Å²) in [6.45, 7) is -0.256. The number of thiophene rings is 1. The van der Waals surface area contributed by atoms with Gasteiger partial charge >= 0.3 is 18.0 Å². The molecule has 0 spiro atoms. The highest BCUT2D eigenvalue weighted by Gasteiger charge is 2.29. The van der Waals surface area contributed by atoms with E-state index in [1.54, 1.807) is 7.11 Å². The average molecular weight is 710 g/mol. The van der Waals surface area contributed by atoms with Gasteiger partial charge in [0, 0.05) is 22.7 Å². The van der Waals surface area contributed by atoms with E-state index < -0.39 is 18.5 Å². The van der Waals surface area contributed by atoms with Crippen LogP contribution in [0.1, 0.15) is 47.3 Å². The van der Waals surface area contributed by atoms with Gasteiger partial charge in [0.15, 0.2) is 17.2 Å². The summed E-state index contributed by atoms with van der Waals surface area (Å²) in [6.07, 6.45) is 5.56. The van der Waals surface area contributed by atoms with Crippen LogP contribution in [0, 0.1) is 0 Å². The van der Waals surface area contributed by atoms with Crippen molar-refractivity contribution in [2.24, 2.45) is 0 Å². The number of amides is 2. The maximum atomic E-state index is 13.7. The zero-order valence-corrected chi connectivity index (χ0v) is 26.3. The number of methoxy groups -OCH3 is 1. The molecule has 0 unspecified atom stereocenters. The zero-order valence-electron chi connectivity index (χ0n) is 22.3. The molecular formula is C29H30Br2N2O7S. The van der Waals surface area contributed by atoms with E-state index in [1.165, 1.54) is 0 Å². The summed E-state index contributed by atoms with van der Waals surface area (Å²) in [7, 11) is 1.62. The summed E-state index contributed by atoms with van der Waals surface area (Å²) < 4.78 is 12.1. The number of nitrogens with zero attached hydrogens (tertiary/aromatic N) is 1. The van der Waals surface area contributed by atoms with Gasteiger partial charge < -0.3 is 25.0 Å². The third kappa shape index (κ3) is 7.60. The Labute approximate surface area is 258 Å². The van der Waals surface area contributed by atoms with E-state index in [2.05, 4.69) is 37.2 Å². The number of anilines is 1. The quantitative estimate of drug-likeness (QED) is 0.192. The van der Waals surface area contributed by atoms with Gasteiger partial charge in [-0.2, -0.15) is 0 Å². The van der Waals surface area contributed by atoms with Gasteiger partial charge in [-0.05, 0) is 76.7 Å². The number of rotatable bonds is 11. The van der Waals surface area contributed by atoms with Crippen LogP contribution in [0.2, 0.25) is 0 Å². The van der Waals surface area contributed by atoms with Crippen LogP contribution in [0.3, 0.4) is 0 Å². The number of halogens is 2. The molecule has 3 aromatic rings. The second-order valence-corrected chi connectivity index (χ2v) is 12.3. The Hall–Kier alpha value is -3.09. The van der Waals surface area contributed by atoms with E-state index >= 15 is 0 Å². The van der Waals surface area contributed by atoms with Crippen LogP contribution in [0.25, 0.3) is 10.4 Å². The van der Waals surface area contributed by atoms with E-state index in [0.717, 1.165) is 59.2 Å². The summed E-state index contributed by atoms with van der Waals surface area (Å²) >= 11 is 7.89. The topological polar surface area (TPSA) is 125 Å². The number of carboxylic acids is 2. The maximum Gasteiger partial charge on any atom is 0.349 e. The highest BCUT2D eigenvalue weighted by atomic mass is 79.9. The lowest BCUT2D eigenvalue weighted by molar-refractivity contribution is -0.139. The van der Waals surface area contributed by atoms with Gasteiger partial charge in [0.2, 0.25) is 0 Å². The van der Waals surface area contributed by atoms with E-state index in [4.69, 9.17) is 14.6 Å². The lowest BCUT2D eigenvalue weighted by atomic mass is 9.94. The van der Waals surface area contributed by atoms with Crippen LogP contribution in [-0.4, -0.2) is 54.5 Å². The first-order chi connectivity index (χ1) is 19.7. The number of hydrogen-bond acceptors (Lipinski definition) is 6. The van der Waals surface area contributed by atoms with E-state index in [-0.39, 0.29) is 22.7 Å². The molecule has 3 N–H and O–H groups in total. The molecule has 0 bridgehead atoms. The first-order valence-electron chi connectivity index (χ1n) is 13.1. The fraction of sp³-hybridized carbons (Fsp3) is 0.345. The second-order valence-electron chi connectivity index (χ2n) is 9.54. The Morgan fingerprint density at radius 3 is 2.51 bits per heavy atom. The molecule has 1 aliphatic carbocycles. The van der Waals surface area contributed by atoms with Crippen molar-refractivity contribution in [3.8, 4) is 21.9 Å². The number of carbonyl (C=O) groups is 3. The Morgan fingerprint density at radius 2 is 1.83 bits per heavy atom. The van der Waals surface area contributed by atoms with Gasteiger partial charge in [-0.15, -0.1) is 11.3 Å². The van der Waals surface area contributed by atoms with Crippen molar-refractivity contribution in [1.82, 2.24) is 5.32 Å². The van der Waals surface area contributed by atoms with Crippen molar-refractivity contribution in [2.75, 3.05) is 25.2 Å². The second kappa shape index (κ2) is 14.2. The largest absolute Gasteiger partial charge is 0.496 e. The third-order valence-corrected chi connectivity index (χ3v) is 9.52. The van der Waals surface area contributed by atoms with Gasteiger partial charge in [-0.25, -0.2) is 14.4 Å². The summed E-state index contributed by atoms with van der Waals surface area (Å²) in [5.41, 5.74) is 2.35. The zero-order chi connectivity index (χ0) is 29.5. The molecule has 0 radical (unpaired) electrons. The molecule has 1 aliphatic rings. The van der Waals surface area contributed by atoms with Crippen molar-refractivity contribution in [3.63, 3.8) is 0 Å². The molecule has 12 heteroatoms. The van der Waals surface area contributed by atoms with E-state index in [9.17, 15) is 19.5 Å². The normalized spacial score (nSPS) is 13.4. The van der Waals surface area contributed by atoms with Crippen LogP contribution in [0.4, 0.5) is 10.5 Å². The molecule has 1 heterocycles. The Kier molecular flexibility index (Phi) is 10.7. The minimum atomic E-state index is -1.22. The van der Waals surface area contributed by atoms with E-state index in [0.29, 0.717) is 33.6 Å². The fourth-order valence-corrected chi connectivity index (χ4v) is 7.24. The van der Waals surface area contributed by atoms with Crippen molar-refractivity contribution in [1.29, 1.82) is 0 Å².